The fraction of sp³-hybridized carbons (Fsp3) is 0.273. The Morgan fingerprint density at radius 1 is 1.03 bits per heavy atom. The molecule has 0 bridgehead atoms. The Morgan fingerprint density at radius 3 is 2.42 bits per heavy atom. The normalized spacial score (nSPS) is 12.0. The molecule has 2 N–H and O–H groups in total. The van der Waals surface area contributed by atoms with Gasteiger partial charge in [0, 0.05) is 12.7 Å². The molecular weight excluding hydrogens is 505 g/mol. The van der Waals surface area contributed by atoms with Crippen LogP contribution >= 0.6 is 46.6 Å². The molecule has 1 heterocycles. The minimum atomic E-state index is -0.398. The lowest BCUT2D eigenvalue weighted by molar-refractivity contribution is -0.113. The van der Waals surface area contributed by atoms with E-state index in [-0.39, 0.29) is 23.5 Å². The zero-order valence-electron chi connectivity index (χ0n) is 18.1. The summed E-state index contributed by atoms with van der Waals surface area (Å²) in [4.78, 5) is 25.1. The van der Waals surface area contributed by atoms with Crippen molar-refractivity contribution in [1.29, 1.82) is 0 Å². The lowest BCUT2D eigenvalue weighted by atomic mass is 10.0. The van der Waals surface area contributed by atoms with Crippen LogP contribution in [-0.2, 0) is 11.8 Å². The molecule has 1 aromatic heterocycles. The van der Waals surface area contributed by atoms with E-state index < -0.39 is 6.04 Å². The Hall–Kier alpha value is -2.26. The van der Waals surface area contributed by atoms with Crippen molar-refractivity contribution in [2.75, 3.05) is 11.1 Å². The summed E-state index contributed by atoms with van der Waals surface area (Å²) in [7, 11) is 1.80. The minimum Gasteiger partial charge on any atom is -0.342 e. The van der Waals surface area contributed by atoms with Crippen LogP contribution in [-0.4, -0.2) is 32.3 Å². The van der Waals surface area contributed by atoms with E-state index in [4.69, 9.17) is 34.8 Å². The van der Waals surface area contributed by atoms with E-state index in [1.807, 2.05) is 13.8 Å². The van der Waals surface area contributed by atoms with Crippen molar-refractivity contribution in [3.8, 4) is 0 Å². The number of nitrogens with one attached hydrogen (secondary N) is 2. The number of anilines is 1. The molecule has 0 aliphatic heterocycles. The van der Waals surface area contributed by atoms with Gasteiger partial charge in [0.15, 0.2) is 11.0 Å². The highest BCUT2D eigenvalue weighted by atomic mass is 35.5. The number of nitrogens with zero attached hydrogens (tertiary/aromatic N) is 3. The molecule has 0 aliphatic carbocycles. The molecule has 174 valence electrons. The lowest BCUT2D eigenvalue weighted by Crippen LogP contribution is -2.33. The third-order valence-electron chi connectivity index (χ3n) is 4.75. The first-order valence-corrected chi connectivity index (χ1v) is 12.1. The van der Waals surface area contributed by atoms with E-state index in [2.05, 4.69) is 20.8 Å². The zero-order valence-corrected chi connectivity index (χ0v) is 21.2. The van der Waals surface area contributed by atoms with Crippen LogP contribution in [0.3, 0.4) is 0 Å². The van der Waals surface area contributed by atoms with E-state index in [9.17, 15) is 9.59 Å². The third kappa shape index (κ3) is 6.41. The van der Waals surface area contributed by atoms with Gasteiger partial charge in [-0.2, -0.15) is 0 Å². The maximum Gasteiger partial charge on any atom is 0.253 e. The van der Waals surface area contributed by atoms with Crippen LogP contribution < -0.4 is 10.6 Å². The third-order valence-corrected chi connectivity index (χ3v) is 6.84. The van der Waals surface area contributed by atoms with Gasteiger partial charge < -0.3 is 15.2 Å². The average Bonchev–Trinajstić information content (AvgIpc) is 3.13. The number of aromatic nitrogens is 3. The SMILES string of the molecule is CC(C)[C@@H](NC(=O)c1ccccc1Cl)c1nnc(SCC(=O)Nc2ccc(Cl)c(Cl)c2)n1C. The van der Waals surface area contributed by atoms with Gasteiger partial charge in [-0.15, -0.1) is 10.2 Å². The second kappa shape index (κ2) is 11.2. The largest absolute Gasteiger partial charge is 0.342 e. The molecule has 2 amide bonds. The molecule has 0 saturated carbocycles. The topological polar surface area (TPSA) is 88.9 Å². The monoisotopic (exact) mass is 525 g/mol. The summed E-state index contributed by atoms with van der Waals surface area (Å²) in [5.74, 6) is 0.214. The Kier molecular flexibility index (Phi) is 8.64. The number of carbonyl (C=O) groups is 2. The Morgan fingerprint density at radius 2 is 1.76 bits per heavy atom. The van der Waals surface area contributed by atoms with Crippen molar-refractivity contribution < 1.29 is 9.59 Å². The van der Waals surface area contributed by atoms with Crippen LogP contribution in [0.25, 0.3) is 0 Å². The minimum absolute atomic E-state index is 0.0372. The van der Waals surface area contributed by atoms with Crippen LogP contribution in [0, 0.1) is 5.92 Å². The summed E-state index contributed by atoms with van der Waals surface area (Å²) in [6, 6.07) is 11.3. The van der Waals surface area contributed by atoms with Crippen LogP contribution in [0.1, 0.15) is 36.1 Å². The van der Waals surface area contributed by atoms with Crippen molar-refractivity contribution in [2.24, 2.45) is 13.0 Å². The second-order valence-corrected chi connectivity index (χ2v) is 9.70. The van der Waals surface area contributed by atoms with Gasteiger partial charge >= 0.3 is 0 Å². The summed E-state index contributed by atoms with van der Waals surface area (Å²) in [6.45, 7) is 3.95. The first kappa shape index (κ1) is 25.4. The fourth-order valence-corrected chi connectivity index (χ4v) is 4.26. The van der Waals surface area contributed by atoms with Gasteiger partial charge in [0.25, 0.3) is 5.91 Å². The molecule has 0 spiro atoms. The number of amides is 2. The fourth-order valence-electron chi connectivity index (χ4n) is 3.02. The number of carbonyl (C=O) groups excluding carboxylic acids is 2. The number of thioether (sulfide) groups is 1. The van der Waals surface area contributed by atoms with E-state index in [1.54, 1.807) is 54.1 Å². The van der Waals surface area contributed by atoms with Gasteiger partial charge in [-0.3, -0.25) is 9.59 Å². The molecule has 7 nitrogen and oxygen atoms in total. The maximum absolute atomic E-state index is 12.8. The summed E-state index contributed by atoms with van der Waals surface area (Å²) < 4.78 is 1.77. The van der Waals surface area contributed by atoms with Gasteiger partial charge in [0.2, 0.25) is 5.91 Å². The molecule has 0 fully saturated rings. The van der Waals surface area contributed by atoms with Crippen LogP contribution in [0.5, 0.6) is 0 Å². The predicted octanol–water partition coefficient (Wildman–Crippen LogP) is 5.63. The molecule has 2 aromatic carbocycles. The van der Waals surface area contributed by atoms with Crippen LogP contribution in [0.2, 0.25) is 15.1 Å². The molecule has 3 rings (SSSR count). The zero-order chi connectivity index (χ0) is 24.1. The van der Waals surface area contributed by atoms with Gasteiger partial charge in [-0.05, 0) is 36.2 Å². The highest BCUT2D eigenvalue weighted by Crippen LogP contribution is 2.27. The quantitative estimate of drug-likeness (QED) is 0.371. The van der Waals surface area contributed by atoms with Crippen molar-refractivity contribution in [2.45, 2.75) is 25.0 Å². The summed E-state index contributed by atoms with van der Waals surface area (Å²) >= 11 is 19.3. The average molecular weight is 527 g/mol. The first-order chi connectivity index (χ1) is 15.7. The summed E-state index contributed by atoms with van der Waals surface area (Å²) in [5.41, 5.74) is 0.941. The van der Waals surface area contributed by atoms with Gasteiger partial charge in [0.05, 0.1) is 32.4 Å². The molecule has 11 heteroatoms. The number of hydrogen-bond acceptors (Lipinski definition) is 5. The van der Waals surface area contributed by atoms with Crippen molar-refractivity contribution in [3.63, 3.8) is 0 Å². The molecule has 3 aromatic rings. The second-order valence-electron chi connectivity index (χ2n) is 7.54. The summed E-state index contributed by atoms with van der Waals surface area (Å²) in [6.07, 6.45) is 0. The van der Waals surface area contributed by atoms with E-state index >= 15 is 0 Å². The molecule has 0 saturated heterocycles. The molecule has 0 unspecified atom stereocenters. The van der Waals surface area contributed by atoms with E-state index in [0.29, 0.717) is 37.3 Å². The van der Waals surface area contributed by atoms with Crippen molar-refractivity contribution in [3.05, 3.63) is 68.9 Å². The Balaban J connectivity index is 1.67. The molecular formula is C22H22Cl3N5O2S. The number of benzene rings is 2. The van der Waals surface area contributed by atoms with Gasteiger partial charge in [-0.25, -0.2) is 0 Å². The van der Waals surface area contributed by atoms with Gasteiger partial charge in [-0.1, -0.05) is 72.5 Å². The maximum atomic E-state index is 12.8. The smallest absolute Gasteiger partial charge is 0.253 e. The van der Waals surface area contributed by atoms with E-state index in [1.165, 1.54) is 11.8 Å². The van der Waals surface area contributed by atoms with Crippen molar-refractivity contribution >= 4 is 64.1 Å². The van der Waals surface area contributed by atoms with Gasteiger partial charge in [0.1, 0.15) is 0 Å². The highest BCUT2D eigenvalue weighted by molar-refractivity contribution is 7.99. The van der Waals surface area contributed by atoms with Crippen LogP contribution in [0.15, 0.2) is 47.6 Å². The predicted molar refractivity (Wildman–Crippen MR) is 133 cm³/mol. The molecule has 0 aliphatic rings. The lowest BCUT2D eigenvalue weighted by Gasteiger charge is -2.22. The Bertz CT molecular complexity index is 1170. The number of hydrogen-bond donors (Lipinski definition) is 2. The van der Waals surface area contributed by atoms with Crippen molar-refractivity contribution in [1.82, 2.24) is 20.1 Å². The standard InChI is InChI=1S/C22H22Cl3N5O2S/c1-12(2)19(27-21(32)14-6-4-5-7-15(14)23)20-28-29-22(30(20)3)33-11-18(31)26-13-8-9-16(24)17(25)10-13/h4-10,12,19H,11H2,1-3H3,(H,26,31)(H,27,32)/t19-/m1/s1. The number of rotatable bonds is 8. The molecule has 0 radical (unpaired) electrons. The molecule has 1 atom stereocenters. The van der Waals surface area contributed by atoms with E-state index in [0.717, 1.165) is 0 Å². The Labute approximate surface area is 211 Å². The first-order valence-electron chi connectivity index (χ1n) is 9.99. The number of halogens is 3. The summed E-state index contributed by atoms with van der Waals surface area (Å²) in [5, 5.41) is 15.9. The molecule has 33 heavy (non-hydrogen) atoms. The van der Waals surface area contributed by atoms with Crippen LogP contribution in [0.4, 0.5) is 5.69 Å². The highest BCUT2D eigenvalue weighted by Gasteiger charge is 2.26.